The predicted molar refractivity (Wildman–Crippen MR) is 128 cm³/mol. The Balaban J connectivity index is 1.63. The smallest absolute Gasteiger partial charge is 0.221 e. The number of nitrogens with zero attached hydrogens (tertiary/aromatic N) is 1. The minimum absolute atomic E-state index is 0.0868. The minimum Gasteiger partial charge on any atom is -0.491 e. The second-order valence-electron chi connectivity index (χ2n) is 7.99. The number of carbonyl (C=O) groups is 1. The van der Waals surface area contributed by atoms with Crippen molar-refractivity contribution in [3.05, 3.63) is 59.2 Å². The summed E-state index contributed by atoms with van der Waals surface area (Å²) in [7, 11) is 0. The van der Waals surface area contributed by atoms with Gasteiger partial charge in [0.25, 0.3) is 0 Å². The Bertz CT molecular complexity index is 923. The second-order valence-corrected chi connectivity index (χ2v) is 7.99. The standard InChI is InChI=1S/C25H34N4O3/c1-4-26-25(27-15-20-7-5-8-22(14-20)29-19(3)30)28-16-21-11-10-18(2)13-24(21)32-17-23-9-6-12-31-23/h5,7-8,10-11,13-14,23H,4,6,9,12,15-17H2,1-3H3,(H,29,30)(H2,26,27,28). The SMILES string of the molecule is CCNC(=NCc1cccc(NC(C)=O)c1)NCc1ccc(C)cc1OCC1CCCO1. The zero-order valence-corrected chi connectivity index (χ0v) is 19.2. The second kappa shape index (κ2) is 12.1. The average Bonchev–Trinajstić information content (AvgIpc) is 3.28. The molecule has 1 aliphatic heterocycles. The molecule has 0 bridgehead atoms. The number of benzene rings is 2. The minimum atomic E-state index is -0.0868. The number of aryl methyl sites for hydroxylation is 1. The molecule has 1 atom stereocenters. The number of amides is 1. The third kappa shape index (κ3) is 7.57. The van der Waals surface area contributed by atoms with E-state index < -0.39 is 0 Å². The Labute approximate surface area is 190 Å². The summed E-state index contributed by atoms with van der Waals surface area (Å²) in [4.78, 5) is 16.0. The first-order chi connectivity index (χ1) is 15.5. The summed E-state index contributed by atoms with van der Waals surface area (Å²) >= 11 is 0. The van der Waals surface area contributed by atoms with E-state index in [0.29, 0.717) is 19.7 Å². The molecule has 1 fully saturated rings. The van der Waals surface area contributed by atoms with E-state index in [0.717, 1.165) is 60.1 Å². The van der Waals surface area contributed by atoms with Crippen molar-refractivity contribution in [2.45, 2.75) is 52.8 Å². The van der Waals surface area contributed by atoms with Crippen LogP contribution in [0.3, 0.4) is 0 Å². The molecule has 172 valence electrons. The predicted octanol–water partition coefficient (Wildman–Crippen LogP) is 3.77. The van der Waals surface area contributed by atoms with E-state index in [9.17, 15) is 4.79 Å². The van der Waals surface area contributed by atoms with E-state index in [1.807, 2.05) is 31.2 Å². The lowest BCUT2D eigenvalue weighted by Gasteiger charge is -2.17. The van der Waals surface area contributed by atoms with Crippen LogP contribution in [0.2, 0.25) is 0 Å². The zero-order valence-electron chi connectivity index (χ0n) is 19.2. The normalized spacial score (nSPS) is 16.0. The maximum atomic E-state index is 11.3. The average molecular weight is 439 g/mol. The highest BCUT2D eigenvalue weighted by molar-refractivity contribution is 5.88. The maximum absolute atomic E-state index is 11.3. The van der Waals surface area contributed by atoms with E-state index in [2.05, 4.69) is 41.1 Å². The summed E-state index contributed by atoms with van der Waals surface area (Å²) < 4.78 is 11.8. The quantitative estimate of drug-likeness (QED) is 0.410. The van der Waals surface area contributed by atoms with Gasteiger partial charge in [-0.2, -0.15) is 0 Å². The van der Waals surface area contributed by atoms with Gasteiger partial charge in [0.05, 0.1) is 12.6 Å². The van der Waals surface area contributed by atoms with Crippen molar-refractivity contribution in [3.8, 4) is 5.75 Å². The number of hydrogen-bond acceptors (Lipinski definition) is 4. The van der Waals surface area contributed by atoms with Crippen LogP contribution < -0.4 is 20.7 Å². The molecule has 32 heavy (non-hydrogen) atoms. The Morgan fingerprint density at radius 2 is 2.09 bits per heavy atom. The number of aliphatic imine (C=N–C) groups is 1. The number of ether oxygens (including phenoxy) is 2. The van der Waals surface area contributed by atoms with Gasteiger partial charge in [0.1, 0.15) is 12.4 Å². The van der Waals surface area contributed by atoms with Crippen LogP contribution in [0.15, 0.2) is 47.5 Å². The highest BCUT2D eigenvalue weighted by Crippen LogP contribution is 2.22. The van der Waals surface area contributed by atoms with E-state index >= 15 is 0 Å². The molecule has 1 unspecified atom stereocenters. The van der Waals surface area contributed by atoms with Gasteiger partial charge in [-0.3, -0.25) is 4.79 Å². The number of nitrogens with one attached hydrogen (secondary N) is 3. The van der Waals surface area contributed by atoms with Crippen molar-refractivity contribution in [1.29, 1.82) is 0 Å². The molecule has 7 nitrogen and oxygen atoms in total. The summed E-state index contributed by atoms with van der Waals surface area (Å²) in [5, 5.41) is 9.49. The number of carbonyl (C=O) groups excluding carboxylic acids is 1. The Morgan fingerprint density at radius 1 is 1.22 bits per heavy atom. The molecule has 1 aliphatic rings. The van der Waals surface area contributed by atoms with Crippen molar-refractivity contribution < 1.29 is 14.3 Å². The molecule has 0 spiro atoms. The van der Waals surface area contributed by atoms with Crippen LogP contribution in [0.25, 0.3) is 0 Å². The molecule has 0 aromatic heterocycles. The molecule has 3 N–H and O–H groups in total. The molecule has 0 saturated carbocycles. The first-order valence-corrected chi connectivity index (χ1v) is 11.3. The number of anilines is 1. The fourth-order valence-electron chi connectivity index (χ4n) is 3.54. The van der Waals surface area contributed by atoms with Crippen molar-refractivity contribution in [3.63, 3.8) is 0 Å². The van der Waals surface area contributed by atoms with Gasteiger partial charge >= 0.3 is 0 Å². The first-order valence-electron chi connectivity index (χ1n) is 11.3. The molecule has 1 saturated heterocycles. The summed E-state index contributed by atoms with van der Waals surface area (Å²) in [5.41, 5.74) is 4.03. The zero-order chi connectivity index (χ0) is 22.8. The lowest BCUT2D eigenvalue weighted by atomic mass is 10.1. The third-order valence-corrected chi connectivity index (χ3v) is 5.13. The summed E-state index contributed by atoms with van der Waals surface area (Å²) in [6.45, 7) is 8.86. The maximum Gasteiger partial charge on any atom is 0.221 e. The molecular formula is C25H34N4O3. The summed E-state index contributed by atoms with van der Waals surface area (Å²) in [6.07, 6.45) is 2.34. The van der Waals surface area contributed by atoms with E-state index in [1.165, 1.54) is 6.92 Å². The van der Waals surface area contributed by atoms with Gasteiger partial charge in [-0.1, -0.05) is 24.3 Å². The lowest BCUT2D eigenvalue weighted by Crippen LogP contribution is -2.37. The van der Waals surface area contributed by atoms with Gasteiger partial charge in [0, 0.05) is 37.9 Å². The highest BCUT2D eigenvalue weighted by Gasteiger charge is 2.17. The largest absolute Gasteiger partial charge is 0.491 e. The lowest BCUT2D eigenvalue weighted by molar-refractivity contribution is -0.114. The van der Waals surface area contributed by atoms with E-state index in [-0.39, 0.29) is 12.0 Å². The van der Waals surface area contributed by atoms with Gasteiger partial charge in [0.2, 0.25) is 5.91 Å². The van der Waals surface area contributed by atoms with E-state index in [4.69, 9.17) is 14.5 Å². The number of hydrogen-bond donors (Lipinski definition) is 3. The molecule has 1 heterocycles. The first kappa shape index (κ1) is 23.6. The van der Waals surface area contributed by atoms with Crippen molar-refractivity contribution in [2.24, 2.45) is 4.99 Å². The summed E-state index contributed by atoms with van der Waals surface area (Å²) in [6, 6.07) is 14.0. The molecule has 3 rings (SSSR count). The number of rotatable bonds is 9. The molecule has 2 aromatic carbocycles. The monoisotopic (exact) mass is 438 g/mol. The van der Waals surface area contributed by atoms with Crippen molar-refractivity contribution in [1.82, 2.24) is 10.6 Å². The Kier molecular flexibility index (Phi) is 8.92. The van der Waals surface area contributed by atoms with Crippen LogP contribution in [0.1, 0.15) is 43.4 Å². The van der Waals surface area contributed by atoms with Crippen LogP contribution in [0, 0.1) is 6.92 Å². The molecule has 0 radical (unpaired) electrons. The van der Waals surface area contributed by atoms with Gasteiger partial charge in [-0.15, -0.1) is 0 Å². The molecule has 2 aromatic rings. The highest BCUT2D eigenvalue weighted by atomic mass is 16.5. The fraction of sp³-hybridized carbons (Fsp3) is 0.440. The molecular weight excluding hydrogens is 404 g/mol. The Hall–Kier alpha value is -3.06. The molecule has 1 amide bonds. The van der Waals surface area contributed by atoms with Crippen LogP contribution in [-0.2, 0) is 22.6 Å². The van der Waals surface area contributed by atoms with Crippen molar-refractivity contribution >= 4 is 17.6 Å². The van der Waals surface area contributed by atoms with Crippen molar-refractivity contribution in [2.75, 3.05) is 25.1 Å². The van der Waals surface area contributed by atoms with Crippen LogP contribution in [-0.4, -0.2) is 37.7 Å². The molecule has 7 heteroatoms. The van der Waals surface area contributed by atoms with Gasteiger partial charge in [0.15, 0.2) is 5.96 Å². The number of guanidine groups is 1. The van der Waals surface area contributed by atoms with Crippen LogP contribution in [0.4, 0.5) is 5.69 Å². The van der Waals surface area contributed by atoms with Gasteiger partial charge in [-0.05, 0) is 56.0 Å². The third-order valence-electron chi connectivity index (χ3n) is 5.13. The Morgan fingerprint density at radius 3 is 2.84 bits per heavy atom. The topological polar surface area (TPSA) is 84.0 Å². The van der Waals surface area contributed by atoms with E-state index in [1.54, 1.807) is 0 Å². The van der Waals surface area contributed by atoms with Gasteiger partial charge < -0.3 is 25.4 Å². The van der Waals surface area contributed by atoms with Crippen LogP contribution in [0.5, 0.6) is 5.75 Å². The van der Waals surface area contributed by atoms with Gasteiger partial charge in [-0.25, -0.2) is 4.99 Å². The fourth-order valence-corrected chi connectivity index (χ4v) is 3.54. The summed E-state index contributed by atoms with van der Waals surface area (Å²) in [5.74, 6) is 1.52. The molecule has 0 aliphatic carbocycles. The van der Waals surface area contributed by atoms with Crippen LogP contribution >= 0.6 is 0 Å².